The Hall–Kier alpha value is -2.49. The lowest BCUT2D eigenvalue weighted by atomic mass is 9.76. The Balaban J connectivity index is 2.19. The largest absolute Gasteiger partial charge is 0.508 e. The molecule has 0 bridgehead atoms. The molecule has 0 unspecified atom stereocenters. The van der Waals surface area contributed by atoms with Gasteiger partial charge >= 0.3 is 0 Å². The Labute approximate surface area is 168 Å². The van der Waals surface area contributed by atoms with Crippen molar-refractivity contribution in [2.24, 2.45) is 0 Å². The molecule has 0 aliphatic rings. The van der Waals surface area contributed by atoms with E-state index in [0.29, 0.717) is 5.69 Å². The zero-order valence-electron chi connectivity index (χ0n) is 17.9. The molecular weight excluding hydrogens is 350 g/mol. The molecule has 0 aromatic heterocycles. The standard InChI is InChI=1S/C24H33NO3/c1-7-23(3,4)17-9-14-21(20(15-17)24(5,6)8-2)28-16-22(27)25-18-10-12-19(26)13-11-18/h9-15,26H,7-8,16H2,1-6H3,(H,25,27). The monoisotopic (exact) mass is 383 g/mol. The minimum atomic E-state index is -0.232. The summed E-state index contributed by atoms with van der Waals surface area (Å²) in [4.78, 5) is 12.3. The molecule has 28 heavy (non-hydrogen) atoms. The van der Waals surface area contributed by atoms with Crippen molar-refractivity contribution in [1.29, 1.82) is 0 Å². The SMILES string of the molecule is CCC(C)(C)c1ccc(OCC(=O)Nc2ccc(O)cc2)c(C(C)(C)CC)c1. The van der Waals surface area contributed by atoms with E-state index < -0.39 is 0 Å². The number of nitrogens with one attached hydrogen (secondary N) is 1. The highest BCUT2D eigenvalue weighted by atomic mass is 16.5. The van der Waals surface area contributed by atoms with Crippen molar-refractivity contribution in [1.82, 2.24) is 0 Å². The second kappa shape index (κ2) is 8.68. The normalized spacial score (nSPS) is 11.9. The van der Waals surface area contributed by atoms with E-state index in [-0.39, 0.29) is 29.1 Å². The van der Waals surface area contributed by atoms with Crippen LogP contribution in [0.5, 0.6) is 11.5 Å². The topological polar surface area (TPSA) is 58.6 Å². The lowest BCUT2D eigenvalue weighted by Crippen LogP contribution is -2.24. The third-order valence-corrected chi connectivity index (χ3v) is 5.77. The molecule has 4 heteroatoms. The van der Waals surface area contributed by atoms with Gasteiger partial charge in [0.25, 0.3) is 5.91 Å². The minimum Gasteiger partial charge on any atom is -0.508 e. The number of rotatable bonds is 8. The maximum absolute atomic E-state index is 12.3. The van der Waals surface area contributed by atoms with Gasteiger partial charge < -0.3 is 15.2 Å². The third-order valence-electron chi connectivity index (χ3n) is 5.77. The summed E-state index contributed by atoms with van der Waals surface area (Å²) in [6.07, 6.45) is 2.02. The third kappa shape index (κ3) is 5.28. The first-order chi connectivity index (χ1) is 13.1. The minimum absolute atomic E-state index is 0.0530. The van der Waals surface area contributed by atoms with E-state index in [1.807, 2.05) is 6.07 Å². The highest BCUT2D eigenvalue weighted by Gasteiger charge is 2.26. The van der Waals surface area contributed by atoms with Gasteiger partial charge in [-0.2, -0.15) is 0 Å². The van der Waals surface area contributed by atoms with Gasteiger partial charge in [-0.15, -0.1) is 0 Å². The Bertz CT molecular complexity index is 807. The molecule has 152 valence electrons. The van der Waals surface area contributed by atoms with Gasteiger partial charge in [0.2, 0.25) is 0 Å². The summed E-state index contributed by atoms with van der Waals surface area (Å²) in [6.45, 7) is 13.2. The van der Waals surface area contributed by atoms with E-state index in [2.05, 4.69) is 59.0 Å². The number of hydrogen-bond donors (Lipinski definition) is 2. The Kier molecular flexibility index (Phi) is 6.76. The molecule has 4 nitrogen and oxygen atoms in total. The molecule has 0 saturated heterocycles. The van der Waals surface area contributed by atoms with E-state index in [1.165, 1.54) is 17.7 Å². The maximum atomic E-state index is 12.3. The number of hydrogen-bond acceptors (Lipinski definition) is 3. The van der Waals surface area contributed by atoms with E-state index >= 15 is 0 Å². The molecule has 0 spiro atoms. The van der Waals surface area contributed by atoms with Crippen LogP contribution in [0.2, 0.25) is 0 Å². The van der Waals surface area contributed by atoms with Crippen LogP contribution in [-0.4, -0.2) is 17.6 Å². The fourth-order valence-electron chi connectivity index (χ4n) is 2.89. The van der Waals surface area contributed by atoms with Gasteiger partial charge in [0.05, 0.1) is 0 Å². The van der Waals surface area contributed by atoms with Gasteiger partial charge in [0.15, 0.2) is 6.61 Å². The predicted molar refractivity (Wildman–Crippen MR) is 115 cm³/mol. The number of anilines is 1. The Morgan fingerprint density at radius 3 is 2.14 bits per heavy atom. The van der Waals surface area contributed by atoms with E-state index in [9.17, 15) is 9.90 Å². The summed E-state index contributed by atoms with van der Waals surface area (Å²) in [5.41, 5.74) is 3.08. The summed E-state index contributed by atoms with van der Waals surface area (Å²) in [5.74, 6) is 0.683. The van der Waals surface area contributed by atoms with Crippen LogP contribution in [-0.2, 0) is 15.6 Å². The zero-order valence-corrected chi connectivity index (χ0v) is 17.9. The number of phenolic OH excluding ortho intramolecular Hbond substituents is 1. The molecule has 0 fully saturated rings. The summed E-state index contributed by atoms with van der Waals surface area (Å²) in [5, 5.41) is 12.1. The van der Waals surface area contributed by atoms with Crippen LogP contribution in [0.15, 0.2) is 42.5 Å². The maximum Gasteiger partial charge on any atom is 0.262 e. The van der Waals surface area contributed by atoms with Crippen molar-refractivity contribution in [3.05, 3.63) is 53.6 Å². The van der Waals surface area contributed by atoms with E-state index in [4.69, 9.17) is 4.74 Å². The second-order valence-corrected chi connectivity index (χ2v) is 8.57. The molecular formula is C24H33NO3. The van der Waals surface area contributed by atoms with E-state index in [0.717, 1.165) is 24.2 Å². The van der Waals surface area contributed by atoms with Gasteiger partial charge in [-0.3, -0.25) is 4.79 Å². The molecule has 2 aromatic carbocycles. The highest BCUT2D eigenvalue weighted by Crippen LogP contribution is 2.38. The summed E-state index contributed by atoms with van der Waals surface area (Å²) >= 11 is 0. The summed E-state index contributed by atoms with van der Waals surface area (Å²) in [7, 11) is 0. The predicted octanol–water partition coefficient (Wildman–Crippen LogP) is 5.78. The van der Waals surface area contributed by atoms with Gasteiger partial charge in [-0.05, 0) is 59.6 Å². The fourth-order valence-corrected chi connectivity index (χ4v) is 2.89. The van der Waals surface area contributed by atoms with Gasteiger partial charge in [-0.25, -0.2) is 0 Å². The van der Waals surface area contributed by atoms with Crippen LogP contribution in [0.1, 0.15) is 65.5 Å². The van der Waals surface area contributed by atoms with Crippen LogP contribution < -0.4 is 10.1 Å². The fraction of sp³-hybridized carbons (Fsp3) is 0.458. The lowest BCUT2D eigenvalue weighted by molar-refractivity contribution is -0.118. The van der Waals surface area contributed by atoms with Gasteiger partial charge in [-0.1, -0.05) is 53.7 Å². The van der Waals surface area contributed by atoms with Crippen LogP contribution >= 0.6 is 0 Å². The molecule has 2 rings (SSSR count). The van der Waals surface area contributed by atoms with Gasteiger partial charge in [0, 0.05) is 11.3 Å². The smallest absolute Gasteiger partial charge is 0.262 e. The number of aromatic hydroxyl groups is 1. The first-order valence-electron chi connectivity index (χ1n) is 9.95. The Morgan fingerprint density at radius 2 is 1.57 bits per heavy atom. The van der Waals surface area contributed by atoms with Gasteiger partial charge in [0.1, 0.15) is 11.5 Å². The first kappa shape index (κ1) is 21.8. The average Bonchev–Trinajstić information content (AvgIpc) is 2.68. The van der Waals surface area contributed by atoms with Crippen molar-refractivity contribution in [3.63, 3.8) is 0 Å². The summed E-state index contributed by atoms with van der Waals surface area (Å²) < 4.78 is 5.92. The lowest BCUT2D eigenvalue weighted by Gasteiger charge is -2.30. The average molecular weight is 384 g/mol. The van der Waals surface area contributed by atoms with Crippen molar-refractivity contribution >= 4 is 11.6 Å². The number of amides is 1. The number of carbonyl (C=O) groups is 1. The van der Waals surface area contributed by atoms with Crippen LogP contribution in [0.25, 0.3) is 0 Å². The molecule has 0 radical (unpaired) electrons. The summed E-state index contributed by atoms with van der Waals surface area (Å²) in [6, 6.07) is 12.7. The van der Waals surface area contributed by atoms with Crippen LogP contribution in [0, 0.1) is 0 Å². The number of benzene rings is 2. The van der Waals surface area contributed by atoms with Crippen LogP contribution in [0.3, 0.4) is 0 Å². The number of carbonyl (C=O) groups excluding carboxylic acids is 1. The van der Waals surface area contributed by atoms with Crippen molar-refractivity contribution in [2.75, 3.05) is 11.9 Å². The number of ether oxygens (including phenoxy) is 1. The zero-order chi connectivity index (χ0) is 20.9. The molecule has 0 aliphatic carbocycles. The molecule has 0 saturated carbocycles. The van der Waals surface area contributed by atoms with Crippen LogP contribution in [0.4, 0.5) is 5.69 Å². The molecule has 0 heterocycles. The second-order valence-electron chi connectivity index (χ2n) is 8.57. The molecule has 1 amide bonds. The number of phenols is 1. The van der Waals surface area contributed by atoms with Crippen molar-refractivity contribution in [3.8, 4) is 11.5 Å². The Morgan fingerprint density at radius 1 is 0.964 bits per heavy atom. The van der Waals surface area contributed by atoms with E-state index in [1.54, 1.807) is 12.1 Å². The molecule has 0 aliphatic heterocycles. The van der Waals surface area contributed by atoms with Crippen molar-refractivity contribution in [2.45, 2.75) is 65.2 Å². The molecule has 2 N–H and O–H groups in total. The molecule has 2 aromatic rings. The molecule has 0 atom stereocenters. The quantitative estimate of drug-likeness (QED) is 0.568. The van der Waals surface area contributed by atoms with Crippen molar-refractivity contribution < 1.29 is 14.6 Å². The first-order valence-corrected chi connectivity index (χ1v) is 9.95. The highest BCUT2D eigenvalue weighted by molar-refractivity contribution is 5.91.